The molecule has 0 aromatic heterocycles. The Kier molecular flexibility index (Phi) is 3.98. The lowest BCUT2D eigenvalue weighted by molar-refractivity contribution is 0.0368. The van der Waals surface area contributed by atoms with E-state index in [1.165, 1.54) is 12.1 Å². The zero-order chi connectivity index (χ0) is 13.9. The molecule has 4 nitrogen and oxygen atoms in total. The lowest BCUT2D eigenvalue weighted by Crippen LogP contribution is -2.38. The van der Waals surface area contributed by atoms with E-state index in [9.17, 15) is 4.39 Å². The van der Waals surface area contributed by atoms with Crippen LogP contribution in [0.5, 0.6) is 0 Å². The van der Waals surface area contributed by atoms with Crippen molar-refractivity contribution in [2.45, 2.75) is 13.0 Å². The van der Waals surface area contributed by atoms with Crippen molar-refractivity contribution in [2.75, 3.05) is 39.4 Å². The molecule has 0 amide bonds. The summed E-state index contributed by atoms with van der Waals surface area (Å²) < 4.78 is 18.6. The van der Waals surface area contributed by atoms with Crippen LogP contribution in [-0.4, -0.2) is 55.0 Å². The van der Waals surface area contributed by atoms with Gasteiger partial charge in [0.25, 0.3) is 0 Å². The van der Waals surface area contributed by atoms with Gasteiger partial charge in [-0.2, -0.15) is 0 Å². The molecule has 0 saturated carbocycles. The van der Waals surface area contributed by atoms with Gasteiger partial charge in [0.1, 0.15) is 11.7 Å². The molecule has 20 heavy (non-hydrogen) atoms. The Morgan fingerprint density at radius 3 is 2.80 bits per heavy atom. The summed E-state index contributed by atoms with van der Waals surface area (Å²) >= 11 is 0. The summed E-state index contributed by atoms with van der Waals surface area (Å²) in [6.45, 7) is 6.28. The largest absolute Gasteiger partial charge is 0.379 e. The summed E-state index contributed by atoms with van der Waals surface area (Å²) in [6.07, 6.45) is 1.03. The van der Waals surface area contributed by atoms with E-state index in [-0.39, 0.29) is 5.82 Å². The Morgan fingerprint density at radius 2 is 2.00 bits per heavy atom. The Labute approximate surface area is 118 Å². The van der Waals surface area contributed by atoms with E-state index in [1.54, 1.807) is 6.07 Å². The number of nitrogens with zero attached hydrogens (tertiary/aromatic N) is 2. The maximum atomic E-state index is 13.2. The number of halogens is 1. The summed E-state index contributed by atoms with van der Waals surface area (Å²) in [5, 5.41) is 8.13. The van der Waals surface area contributed by atoms with Gasteiger partial charge >= 0.3 is 0 Å². The third-order valence-corrected chi connectivity index (χ3v) is 4.01. The molecule has 5 heteroatoms. The second kappa shape index (κ2) is 5.89. The van der Waals surface area contributed by atoms with E-state index in [2.05, 4.69) is 4.90 Å². The van der Waals surface area contributed by atoms with Crippen LogP contribution in [0.1, 0.15) is 17.5 Å². The third-order valence-electron chi connectivity index (χ3n) is 4.01. The number of fused-ring (bicyclic) bond motifs is 1. The molecule has 0 aliphatic carbocycles. The highest BCUT2D eigenvalue weighted by atomic mass is 19.1. The number of hydrogen-bond acceptors (Lipinski definition) is 3. The molecule has 2 aliphatic heterocycles. The average Bonchev–Trinajstić information content (AvgIpc) is 2.77. The fraction of sp³-hybridized carbons (Fsp3) is 0.533. The van der Waals surface area contributed by atoms with Gasteiger partial charge in [-0.15, -0.1) is 0 Å². The number of amidine groups is 1. The standard InChI is InChI=1S/C15H20FN3O/c16-13-3-2-12-11-19(15(17)14(12)10-13)5-1-4-18-6-8-20-9-7-18/h2-3,10,17H,1,4-9,11H2. The average molecular weight is 277 g/mol. The number of morpholine rings is 1. The minimum atomic E-state index is -0.260. The number of hydrogen-bond donors (Lipinski definition) is 1. The van der Waals surface area contributed by atoms with Crippen molar-refractivity contribution in [3.05, 3.63) is 35.1 Å². The maximum absolute atomic E-state index is 13.2. The van der Waals surface area contributed by atoms with Gasteiger partial charge in [0, 0.05) is 38.3 Å². The van der Waals surface area contributed by atoms with Crippen molar-refractivity contribution in [1.82, 2.24) is 9.80 Å². The van der Waals surface area contributed by atoms with E-state index < -0.39 is 0 Å². The van der Waals surface area contributed by atoms with E-state index in [0.717, 1.165) is 63.5 Å². The van der Waals surface area contributed by atoms with Gasteiger partial charge in [-0.05, 0) is 24.1 Å². The first-order chi connectivity index (χ1) is 9.74. The fourth-order valence-electron chi connectivity index (χ4n) is 2.86. The van der Waals surface area contributed by atoms with Crippen molar-refractivity contribution in [2.24, 2.45) is 0 Å². The zero-order valence-electron chi connectivity index (χ0n) is 11.6. The summed E-state index contributed by atoms with van der Waals surface area (Å²) in [6, 6.07) is 4.74. The van der Waals surface area contributed by atoms with Gasteiger partial charge in [-0.25, -0.2) is 4.39 Å². The molecule has 0 unspecified atom stereocenters. The quantitative estimate of drug-likeness (QED) is 0.910. The molecular weight excluding hydrogens is 257 g/mol. The second-order valence-corrected chi connectivity index (χ2v) is 5.38. The van der Waals surface area contributed by atoms with Gasteiger partial charge in [0.2, 0.25) is 0 Å². The van der Waals surface area contributed by atoms with Gasteiger partial charge in [-0.1, -0.05) is 6.07 Å². The Morgan fingerprint density at radius 1 is 1.20 bits per heavy atom. The van der Waals surface area contributed by atoms with Crippen LogP contribution >= 0.6 is 0 Å². The molecule has 0 bridgehead atoms. The van der Waals surface area contributed by atoms with Gasteiger partial charge in [0.05, 0.1) is 13.2 Å². The molecule has 1 aromatic carbocycles. The van der Waals surface area contributed by atoms with Crippen LogP contribution in [0.15, 0.2) is 18.2 Å². The predicted octanol–water partition coefficient (Wildman–Crippen LogP) is 1.69. The van der Waals surface area contributed by atoms with Crippen molar-refractivity contribution in [1.29, 1.82) is 5.41 Å². The van der Waals surface area contributed by atoms with E-state index >= 15 is 0 Å². The SMILES string of the molecule is N=C1c2cc(F)ccc2CN1CCCN1CCOCC1. The highest BCUT2D eigenvalue weighted by Gasteiger charge is 2.24. The van der Waals surface area contributed by atoms with Gasteiger partial charge < -0.3 is 9.64 Å². The first-order valence-corrected chi connectivity index (χ1v) is 7.16. The smallest absolute Gasteiger partial charge is 0.128 e. The normalized spacial score (nSPS) is 19.4. The molecule has 0 atom stereocenters. The summed E-state index contributed by atoms with van der Waals surface area (Å²) in [5.41, 5.74) is 1.80. The monoisotopic (exact) mass is 277 g/mol. The predicted molar refractivity (Wildman–Crippen MR) is 75.5 cm³/mol. The first kappa shape index (κ1) is 13.5. The summed E-state index contributed by atoms with van der Waals surface area (Å²) in [7, 11) is 0. The van der Waals surface area contributed by atoms with E-state index in [4.69, 9.17) is 10.1 Å². The lowest BCUT2D eigenvalue weighted by Gasteiger charge is -2.27. The summed E-state index contributed by atoms with van der Waals surface area (Å²) in [5.74, 6) is 0.199. The van der Waals surface area contributed by atoms with Crippen molar-refractivity contribution >= 4 is 5.84 Å². The molecule has 1 N–H and O–H groups in total. The van der Waals surface area contributed by atoms with Crippen LogP contribution in [-0.2, 0) is 11.3 Å². The molecule has 2 heterocycles. The molecule has 0 radical (unpaired) electrons. The van der Waals surface area contributed by atoms with Crippen LogP contribution in [0.2, 0.25) is 0 Å². The number of ether oxygens (including phenoxy) is 1. The lowest BCUT2D eigenvalue weighted by atomic mass is 10.1. The third kappa shape index (κ3) is 2.83. The minimum absolute atomic E-state index is 0.260. The van der Waals surface area contributed by atoms with Crippen LogP contribution in [0, 0.1) is 11.2 Å². The number of nitrogens with one attached hydrogen (secondary N) is 1. The molecule has 0 spiro atoms. The summed E-state index contributed by atoms with van der Waals surface area (Å²) in [4.78, 5) is 4.43. The first-order valence-electron chi connectivity index (χ1n) is 7.16. The Bertz CT molecular complexity index is 500. The van der Waals surface area contributed by atoms with Gasteiger partial charge in [0.15, 0.2) is 0 Å². The molecule has 3 rings (SSSR count). The van der Waals surface area contributed by atoms with Crippen LogP contribution in [0.4, 0.5) is 4.39 Å². The molecule has 2 aliphatic rings. The van der Waals surface area contributed by atoms with Crippen LogP contribution in [0.3, 0.4) is 0 Å². The highest BCUT2D eigenvalue weighted by molar-refractivity contribution is 6.00. The number of rotatable bonds is 4. The van der Waals surface area contributed by atoms with E-state index in [1.807, 2.05) is 4.90 Å². The van der Waals surface area contributed by atoms with Crippen molar-refractivity contribution in [3.63, 3.8) is 0 Å². The fourth-order valence-corrected chi connectivity index (χ4v) is 2.86. The zero-order valence-corrected chi connectivity index (χ0v) is 11.6. The van der Waals surface area contributed by atoms with Crippen LogP contribution < -0.4 is 0 Å². The number of benzene rings is 1. The van der Waals surface area contributed by atoms with Crippen molar-refractivity contribution in [3.8, 4) is 0 Å². The van der Waals surface area contributed by atoms with E-state index in [0.29, 0.717) is 5.84 Å². The minimum Gasteiger partial charge on any atom is -0.379 e. The van der Waals surface area contributed by atoms with Gasteiger partial charge in [-0.3, -0.25) is 10.3 Å². The molecule has 1 saturated heterocycles. The molecule has 1 fully saturated rings. The molecular formula is C15H20FN3O. The highest BCUT2D eigenvalue weighted by Crippen LogP contribution is 2.23. The second-order valence-electron chi connectivity index (χ2n) is 5.38. The molecule has 1 aromatic rings. The Hall–Kier alpha value is -1.46. The topological polar surface area (TPSA) is 39.6 Å². The maximum Gasteiger partial charge on any atom is 0.128 e. The Balaban J connectivity index is 1.51. The van der Waals surface area contributed by atoms with Crippen LogP contribution in [0.25, 0.3) is 0 Å². The molecule has 108 valence electrons. The van der Waals surface area contributed by atoms with Crippen molar-refractivity contribution < 1.29 is 9.13 Å².